The molecule has 1 heterocycles. The summed E-state index contributed by atoms with van der Waals surface area (Å²) in [5.41, 5.74) is 6.72. The lowest BCUT2D eigenvalue weighted by Gasteiger charge is -2.15. The Labute approximate surface area is 106 Å². The van der Waals surface area contributed by atoms with Crippen molar-refractivity contribution >= 4 is 5.91 Å². The molecule has 1 saturated carbocycles. The summed E-state index contributed by atoms with van der Waals surface area (Å²) in [7, 11) is 0. The second-order valence-corrected chi connectivity index (χ2v) is 4.49. The van der Waals surface area contributed by atoms with Gasteiger partial charge in [0.25, 0.3) is 5.91 Å². The molecule has 2 unspecified atom stereocenters. The van der Waals surface area contributed by atoms with E-state index in [0.29, 0.717) is 17.8 Å². The number of rotatable bonds is 3. The summed E-state index contributed by atoms with van der Waals surface area (Å²) in [5, 5.41) is 11.9. The van der Waals surface area contributed by atoms with Crippen LogP contribution in [0.4, 0.5) is 0 Å². The first-order valence-corrected chi connectivity index (χ1v) is 6.10. The fourth-order valence-electron chi connectivity index (χ4n) is 2.27. The summed E-state index contributed by atoms with van der Waals surface area (Å²) >= 11 is 0. The molecule has 0 saturated heterocycles. The van der Waals surface area contributed by atoms with Gasteiger partial charge in [-0.05, 0) is 31.4 Å². The maximum Gasteiger partial charge on any atom is 0.251 e. The van der Waals surface area contributed by atoms with Gasteiger partial charge in [0.1, 0.15) is 0 Å². The average Bonchev–Trinajstić information content (AvgIpc) is 2.86. The van der Waals surface area contributed by atoms with Crippen LogP contribution in [0.2, 0.25) is 0 Å². The molecule has 2 atom stereocenters. The lowest BCUT2D eigenvalue weighted by atomic mass is 10.1. The maximum absolute atomic E-state index is 12.0. The van der Waals surface area contributed by atoms with Gasteiger partial charge in [-0.2, -0.15) is 5.26 Å². The average molecular weight is 244 g/mol. The molecule has 1 aliphatic rings. The van der Waals surface area contributed by atoms with Gasteiger partial charge in [-0.15, -0.1) is 0 Å². The minimum absolute atomic E-state index is 0.0306. The molecule has 1 aliphatic carbocycles. The molecule has 0 spiro atoms. The van der Waals surface area contributed by atoms with Crippen LogP contribution < -0.4 is 11.1 Å². The molecule has 1 fully saturated rings. The molecule has 94 valence electrons. The molecule has 1 amide bonds. The molecule has 3 N–H and O–H groups in total. The van der Waals surface area contributed by atoms with Crippen molar-refractivity contribution in [1.82, 2.24) is 10.3 Å². The van der Waals surface area contributed by atoms with E-state index in [1.807, 2.05) is 0 Å². The first kappa shape index (κ1) is 12.5. The van der Waals surface area contributed by atoms with Gasteiger partial charge in [-0.3, -0.25) is 9.78 Å². The standard InChI is InChI=1S/C13H16N4O/c14-7-10-2-1-3-12(10)17-13(18)9-4-5-16-11(6-9)8-15/h4-6,10,12H,1-3,8,15H2,(H,17,18). The highest BCUT2D eigenvalue weighted by atomic mass is 16.1. The third-order valence-electron chi connectivity index (χ3n) is 3.29. The number of hydrogen-bond donors (Lipinski definition) is 2. The van der Waals surface area contributed by atoms with Crippen LogP contribution in [0.15, 0.2) is 18.3 Å². The molecule has 5 nitrogen and oxygen atoms in total. The highest BCUT2D eigenvalue weighted by molar-refractivity contribution is 5.94. The Balaban J connectivity index is 2.05. The van der Waals surface area contributed by atoms with Crippen LogP contribution in [0.1, 0.15) is 35.3 Å². The van der Waals surface area contributed by atoms with Gasteiger partial charge in [0.05, 0.1) is 17.7 Å². The Morgan fingerprint density at radius 2 is 2.44 bits per heavy atom. The van der Waals surface area contributed by atoms with Crippen molar-refractivity contribution in [3.8, 4) is 6.07 Å². The number of nitriles is 1. The Kier molecular flexibility index (Phi) is 3.90. The van der Waals surface area contributed by atoms with E-state index in [1.54, 1.807) is 18.3 Å². The van der Waals surface area contributed by atoms with Crippen LogP contribution in [0.25, 0.3) is 0 Å². The van der Waals surface area contributed by atoms with E-state index in [0.717, 1.165) is 19.3 Å². The van der Waals surface area contributed by atoms with Crippen LogP contribution in [0.3, 0.4) is 0 Å². The normalized spacial score (nSPS) is 22.4. The molecule has 0 radical (unpaired) electrons. The highest BCUT2D eigenvalue weighted by Gasteiger charge is 2.28. The van der Waals surface area contributed by atoms with Crippen LogP contribution in [-0.2, 0) is 6.54 Å². The molecular weight excluding hydrogens is 228 g/mol. The van der Waals surface area contributed by atoms with Gasteiger partial charge in [0, 0.05) is 24.3 Å². The summed E-state index contributed by atoms with van der Waals surface area (Å²) in [5.74, 6) is -0.219. The van der Waals surface area contributed by atoms with E-state index in [2.05, 4.69) is 16.4 Å². The van der Waals surface area contributed by atoms with Crippen molar-refractivity contribution in [2.24, 2.45) is 11.7 Å². The molecule has 0 bridgehead atoms. The highest BCUT2D eigenvalue weighted by Crippen LogP contribution is 2.25. The largest absolute Gasteiger partial charge is 0.348 e. The number of nitrogens with two attached hydrogens (primary N) is 1. The smallest absolute Gasteiger partial charge is 0.251 e. The minimum atomic E-state index is -0.153. The summed E-state index contributed by atoms with van der Waals surface area (Å²) < 4.78 is 0. The Hall–Kier alpha value is -1.93. The SMILES string of the molecule is N#CC1CCCC1NC(=O)c1ccnc(CN)c1. The second-order valence-electron chi connectivity index (χ2n) is 4.49. The third-order valence-corrected chi connectivity index (χ3v) is 3.29. The Morgan fingerprint density at radius 1 is 1.61 bits per heavy atom. The van der Waals surface area contributed by atoms with Gasteiger partial charge in [0.15, 0.2) is 0 Å². The quantitative estimate of drug-likeness (QED) is 0.828. The second kappa shape index (κ2) is 5.61. The van der Waals surface area contributed by atoms with Crippen molar-refractivity contribution in [2.75, 3.05) is 0 Å². The number of hydrogen-bond acceptors (Lipinski definition) is 4. The summed E-state index contributed by atoms with van der Waals surface area (Å²) in [4.78, 5) is 16.1. The van der Waals surface area contributed by atoms with Crippen LogP contribution in [0.5, 0.6) is 0 Å². The molecule has 5 heteroatoms. The number of nitrogens with one attached hydrogen (secondary N) is 1. The first-order valence-electron chi connectivity index (χ1n) is 6.10. The number of carbonyl (C=O) groups is 1. The number of amides is 1. The first-order chi connectivity index (χ1) is 8.74. The van der Waals surface area contributed by atoms with E-state index in [9.17, 15) is 4.79 Å². The zero-order chi connectivity index (χ0) is 13.0. The van der Waals surface area contributed by atoms with Crippen LogP contribution in [0, 0.1) is 17.2 Å². The zero-order valence-electron chi connectivity index (χ0n) is 10.1. The Morgan fingerprint density at radius 3 is 3.17 bits per heavy atom. The van der Waals surface area contributed by atoms with E-state index in [1.165, 1.54) is 0 Å². The van der Waals surface area contributed by atoms with Gasteiger partial charge in [0.2, 0.25) is 0 Å². The van der Waals surface area contributed by atoms with Crippen molar-refractivity contribution in [2.45, 2.75) is 31.8 Å². The van der Waals surface area contributed by atoms with E-state index in [4.69, 9.17) is 11.0 Å². The van der Waals surface area contributed by atoms with Crippen molar-refractivity contribution in [3.05, 3.63) is 29.6 Å². The molecule has 1 aromatic heterocycles. The molecule has 2 rings (SSSR count). The monoisotopic (exact) mass is 244 g/mol. The van der Waals surface area contributed by atoms with E-state index >= 15 is 0 Å². The molecule has 18 heavy (non-hydrogen) atoms. The molecule has 1 aromatic rings. The lowest BCUT2D eigenvalue weighted by molar-refractivity contribution is 0.0932. The maximum atomic E-state index is 12.0. The number of nitrogens with zero attached hydrogens (tertiary/aromatic N) is 2. The van der Waals surface area contributed by atoms with Gasteiger partial charge >= 0.3 is 0 Å². The predicted octanol–water partition coefficient (Wildman–Crippen LogP) is 0.962. The summed E-state index contributed by atoms with van der Waals surface area (Å²) in [6.07, 6.45) is 4.31. The minimum Gasteiger partial charge on any atom is -0.348 e. The number of carbonyl (C=O) groups excluding carboxylic acids is 1. The van der Waals surface area contributed by atoms with Gasteiger partial charge in [-0.1, -0.05) is 0 Å². The topological polar surface area (TPSA) is 91.8 Å². The molecule has 0 aliphatic heterocycles. The van der Waals surface area contributed by atoms with Gasteiger partial charge in [-0.25, -0.2) is 0 Å². The van der Waals surface area contributed by atoms with Crippen molar-refractivity contribution in [1.29, 1.82) is 5.26 Å². The number of aromatic nitrogens is 1. The fraction of sp³-hybridized carbons (Fsp3) is 0.462. The third kappa shape index (κ3) is 2.66. The lowest BCUT2D eigenvalue weighted by Crippen LogP contribution is -2.37. The predicted molar refractivity (Wildman–Crippen MR) is 66.3 cm³/mol. The van der Waals surface area contributed by atoms with Crippen molar-refractivity contribution in [3.63, 3.8) is 0 Å². The zero-order valence-corrected chi connectivity index (χ0v) is 10.1. The van der Waals surface area contributed by atoms with Crippen LogP contribution >= 0.6 is 0 Å². The van der Waals surface area contributed by atoms with E-state index < -0.39 is 0 Å². The van der Waals surface area contributed by atoms with Gasteiger partial charge < -0.3 is 11.1 Å². The molecular formula is C13H16N4O. The van der Waals surface area contributed by atoms with Crippen molar-refractivity contribution < 1.29 is 4.79 Å². The van der Waals surface area contributed by atoms with E-state index in [-0.39, 0.29) is 17.9 Å². The Bertz CT molecular complexity index is 480. The summed E-state index contributed by atoms with van der Waals surface area (Å²) in [6.45, 7) is 0.311. The fourth-order valence-corrected chi connectivity index (χ4v) is 2.27. The molecule has 0 aromatic carbocycles. The van der Waals surface area contributed by atoms with Crippen LogP contribution in [-0.4, -0.2) is 16.9 Å². The number of pyridine rings is 1. The summed E-state index contributed by atoms with van der Waals surface area (Å²) in [6, 6.07) is 5.56.